The molecule has 3 aromatic heterocycles. The summed E-state index contributed by atoms with van der Waals surface area (Å²) in [7, 11) is 0. The number of nitrogens with zero attached hydrogens (tertiary/aromatic N) is 2. The van der Waals surface area contributed by atoms with E-state index in [0.29, 0.717) is 0 Å². The van der Waals surface area contributed by atoms with E-state index in [0.717, 1.165) is 44.8 Å². The molecule has 5 heterocycles. The average Bonchev–Trinajstić information content (AvgIpc) is 3.32. The largest absolute Gasteiger partial charge is 0.355 e. The van der Waals surface area contributed by atoms with Crippen molar-refractivity contribution in [1.82, 2.24) is 19.9 Å². The molecule has 0 aliphatic carbocycles. The number of rotatable bonds is 0. The first-order valence-corrected chi connectivity index (χ1v) is 7.85. The molecule has 0 fully saturated rings. The number of H-pyrrole nitrogens is 2. The van der Waals surface area contributed by atoms with Gasteiger partial charge in [0.25, 0.3) is 0 Å². The monoisotopic (exact) mass is 379 g/mol. The van der Waals surface area contributed by atoms with Gasteiger partial charge in [0.15, 0.2) is 0 Å². The zero-order chi connectivity index (χ0) is 15.9. The second kappa shape index (κ2) is 6.27. The summed E-state index contributed by atoms with van der Waals surface area (Å²) in [6, 6.07) is 16.4. The molecule has 117 valence electrons. The summed E-state index contributed by atoms with van der Waals surface area (Å²) in [5.41, 5.74) is 7.86. The van der Waals surface area contributed by atoms with Crippen LogP contribution in [0.5, 0.6) is 0 Å². The third-order valence-corrected chi connectivity index (χ3v) is 4.04. The molecule has 3 radical (unpaired) electrons. The minimum absolute atomic E-state index is 0. The number of hydrogen-bond donors (Lipinski definition) is 2. The third-order valence-electron chi connectivity index (χ3n) is 4.04. The summed E-state index contributed by atoms with van der Waals surface area (Å²) in [6.45, 7) is 0. The first-order valence-electron chi connectivity index (χ1n) is 7.85. The van der Waals surface area contributed by atoms with E-state index >= 15 is 0 Å². The van der Waals surface area contributed by atoms with Crippen LogP contribution in [0, 0.1) is 0 Å². The van der Waals surface area contributed by atoms with Crippen molar-refractivity contribution in [2.45, 2.75) is 0 Å². The van der Waals surface area contributed by atoms with E-state index < -0.39 is 0 Å². The van der Waals surface area contributed by atoms with E-state index in [-0.39, 0.29) is 19.8 Å². The van der Waals surface area contributed by atoms with Crippen LogP contribution in [0.3, 0.4) is 0 Å². The van der Waals surface area contributed by atoms with Gasteiger partial charge in [-0.05, 0) is 72.8 Å². The Labute approximate surface area is 157 Å². The molecule has 4 nitrogen and oxygen atoms in total. The zero-order valence-corrected chi connectivity index (χ0v) is 15.8. The Balaban J connectivity index is 0.00000157. The van der Waals surface area contributed by atoms with Crippen LogP contribution in [-0.4, -0.2) is 39.7 Å². The van der Waals surface area contributed by atoms with E-state index in [2.05, 4.69) is 44.2 Å². The Morgan fingerprint density at radius 1 is 0.480 bits per heavy atom. The van der Waals surface area contributed by atoms with Crippen LogP contribution < -0.4 is 0 Å². The van der Waals surface area contributed by atoms with E-state index in [4.69, 9.17) is 0 Å². The van der Waals surface area contributed by atoms with Crippen molar-refractivity contribution >= 4 is 66.2 Å². The fourth-order valence-corrected chi connectivity index (χ4v) is 2.94. The normalized spacial score (nSPS) is 12.2. The van der Waals surface area contributed by atoms with Gasteiger partial charge in [-0.3, -0.25) is 0 Å². The van der Waals surface area contributed by atoms with Gasteiger partial charge < -0.3 is 9.97 Å². The standard InChI is InChI=1S/C20H14N4.Ga/c1-2-14-10-16-5-6-18(23-16)12-20-8-7-19(24-20)11-17-4-3-15(22-17)9-13(1)21-14;/h1-12,21,24H;. The van der Waals surface area contributed by atoms with Crippen molar-refractivity contribution in [3.05, 3.63) is 71.3 Å². The molecule has 5 heteroatoms. The van der Waals surface area contributed by atoms with Crippen molar-refractivity contribution < 1.29 is 0 Å². The van der Waals surface area contributed by atoms with Crippen LogP contribution in [0.15, 0.2) is 48.5 Å². The number of aromatic nitrogens is 4. The second-order valence-corrected chi connectivity index (χ2v) is 5.91. The summed E-state index contributed by atoms with van der Waals surface area (Å²) in [4.78, 5) is 16.0. The Hall–Kier alpha value is -2.76. The second-order valence-electron chi connectivity index (χ2n) is 5.91. The van der Waals surface area contributed by atoms with Gasteiger partial charge in [-0.2, -0.15) is 0 Å². The van der Waals surface area contributed by atoms with Gasteiger partial charge in [0.05, 0.1) is 22.8 Å². The van der Waals surface area contributed by atoms with Crippen molar-refractivity contribution in [2.75, 3.05) is 0 Å². The summed E-state index contributed by atoms with van der Waals surface area (Å²) in [6.07, 6.45) is 8.09. The Kier molecular flexibility index (Phi) is 3.95. The molecule has 5 rings (SSSR count). The van der Waals surface area contributed by atoms with E-state index in [1.54, 1.807) is 0 Å². The van der Waals surface area contributed by atoms with Crippen LogP contribution in [0.2, 0.25) is 0 Å². The van der Waals surface area contributed by atoms with Crippen LogP contribution in [0.25, 0.3) is 46.4 Å². The number of aromatic amines is 2. The molecule has 0 amide bonds. The maximum Gasteiger partial charge on any atom is 0.0658 e. The van der Waals surface area contributed by atoms with Crippen molar-refractivity contribution in [2.24, 2.45) is 0 Å². The van der Waals surface area contributed by atoms with Crippen LogP contribution in [0.4, 0.5) is 0 Å². The van der Waals surface area contributed by atoms with Gasteiger partial charge in [0.2, 0.25) is 0 Å². The molecule has 0 unspecified atom stereocenters. The van der Waals surface area contributed by atoms with E-state index in [1.807, 2.05) is 48.6 Å². The van der Waals surface area contributed by atoms with Crippen LogP contribution >= 0.6 is 0 Å². The fourth-order valence-electron chi connectivity index (χ4n) is 2.94. The van der Waals surface area contributed by atoms with E-state index in [9.17, 15) is 0 Å². The Bertz CT molecular complexity index is 990. The SMILES string of the molecule is C1=Cc2cc3ccc(cc4nc(cc5ccc(cc1n2)[nH]5)C=C4)[nH]3.[Ga]. The average molecular weight is 380 g/mol. The molecule has 2 N–H and O–H groups in total. The molecular formula is C20H14GaN4. The first-order chi connectivity index (χ1) is 11.8. The fraction of sp³-hybridized carbons (Fsp3) is 0. The molecule has 3 aromatic rings. The molecule has 0 aromatic carbocycles. The molecule has 25 heavy (non-hydrogen) atoms. The smallest absolute Gasteiger partial charge is 0.0658 e. The number of nitrogens with one attached hydrogen (secondary N) is 2. The topological polar surface area (TPSA) is 57.4 Å². The van der Waals surface area contributed by atoms with Gasteiger partial charge in [0.1, 0.15) is 0 Å². The van der Waals surface area contributed by atoms with Gasteiger partial charge in [0, 0.05) is 41.9 Å². The summed E-state index contributed by atoms with van der Waals surface area (Å²) in [5.74, 6) is 0. The van der Waals surface area contributed by atoms with Crippen LogP contribution in [0.1, 0.15) is 22.8 Å². The summed E-state index contributed by atoms with van der Waals surface area (Å²) in [5, 5.41) is 0. The maximum absolute atomic E-state index is 4.63. The Morgan fingerprint density at radius 3 is 1.04 bits per heavy atom. The summed E-state index contributed by atoms with van der Waals surface area (Å²) >= 11 is 0. The van der Waals surface area contributed by atoms with Gasteiger partial charge in [-0.25, -0.2) is 9.97 Å². The maximum atomic E-state index is 4.63. The molecular weight excluding hydrogens is 366 g/mol. The van der Waals surface area contributed by atoms with Crippen LogP contribution in [-0.2, 0) is 0 Å². The van der Waals surface area contributed by atoms with Crippen molar-refractivity contribution in [3.8, 4) is 0 Å². The summed E-state index contributed by atoms with van der Waals surface area (Å²) < 4.78 is 0. The molecule has 8 bridgehead atoms. The van der Waals surface area contributed by atoms with Crippen molar-refractivity contribution in [1.29, 1.82) is 0 Å². The van der Waals surface area contributed by atoms with Gasteiger partial charge in [-0.1, -0.05) is 0 Å². The number of fused-ring (bicyclic) bond motifs is 8. The molecule has 0 spiro atoms. The quantitative estimate of drug-likeness (QED) is 0.394. The first kappa shape index (κ1) is 15.7. The molecule has 0 saturated heterocycles. The van der Waals surface area contributed by atoms with Crippen molar-refractivity contribution in [3.63, 3.8) is 0 Å². The molecule has 2 aliphatic rings. The van der Waals surface area contributed by atoms with Gasteiger partial charge in [-0.15, -0.1) is 0 Å². The predicted octanol–water partition coefficient (Wildman–Crippen LogP) is 4.27. The molecule has 2 aliphatic heterocycles. The Morgan fingerprint density at radius 2 is 0.760 bits per heavy atom. The van der Waals surface area contributed by atoms with E-state index in [1.165, 1.54) is 0 Å². The minimum Gasteiger partial charge on any atom is -0.355 e. The molecule has 0 saturated carbocycles. The zero-order valence-electron chi connectivity index (χ0n) is 13.4. The van der Waals surface area contributed by atoms with Gasteiger partial charge >= 0.3 is 0 Å². The molecule has 0 atom stereocenters. The minimum atomic E-state index is 0. The predicted molar refractivity (Wildman–Crippen MR) is 105 cm³/mol. The number of hydrogen-bond acceptors (Lipinski definition) is 2. The third kappa shape index (κ3) is 3.24.